The molecule has 8 heteroatoms. The van der Waals surface area contributed by atoms with Crippen molar-refractivity contribution in [2.45, 2.75) is 38.6 Å². The lowest BCUT2D eigenvalue weighted by molar-refractivity contribution is 0.503. The number of anilines is 3. The third-order valence-electron chi connectivity index (χ3n) is 4.86. The van der Waals surface area contributed by atoms with Crippen LogP contribution in [0.15, 0.2) is 36.5 Å². The summed E-state index contributed by atoms with van der Waals surface area (Å²) in [7, 11) is 0. The molecule has 0 saturated carbocycles. The molecule has 3 aromatic rings. The number of piperidine rings is 1. The predicted molar refractivity (Wildman–Crippen MR) is 122 cm³/mol. The summed E-state index contributed by atoms with van der Waals surface area (Å²) in [5.74, 6) is 1.62. The van der Waals surface area contributed by atoms with Crippen LogP contribution < -0.4 is 16.0 Å². The van der Waals surface area contributed by atoms with Crippen LogP contribution in [0.5, 0.6) is 0 Å². The summed E-state index contributed by atoms with van der Waals surface area (Å²) in [6, 6.07) is 10.6. The number of nitrogens with two attached hydrogens (primary N) is 1. The van der Waals surface area contributed by atoms with Gasteiger partial charge >= 0.3 is 0 Å². The van der Waals surface area contributed by atoms with Gasteiger partial charge < -0.3 is 20.9 Å². The molecule has 152 valence electrons. The molecule has 28 heavy (non-hydrogen) atoms. The number of nitrogens with one attached hydrogen (secondary N) is 2. The van der Waals surface area contributed by atoms with E-state index in [-0.39, 0.29) is 30.9 Å². The van der Waals surface area contributed by atoms with Crippen LogP contribution in [0.25, 0.3) is 10.9 Å². The van der Waals surface area contributed by atoms with Crippen molar-refractivity contribution >= 4 is 53.2 Å². The molecule has 6 nitrogen and oxygen atoms in total. The third-order valence-corrected chi connectivity index (χ3v) is 4.86. The van der Waals surface area contributed by atoms with Crippen LogP contribution >= 0.6 is 24.8 Å². The first kappa shape index (κ1) is 22.3. The Morgan fingerprint density at radius 3 is 2.86 bits per heavy atom. The summed E-state index contributed by atoms with van der Waals surface area (Å²) in [5.41, 5.74) is 9.31. The molecular weight excluding hydrogens is 395 g/mol. The molecule has 0 aliphatic carbocycles. The second-order valence-corrected chi connectivity index (χ2v) is 7.04. The zero-order valence-corrected chi connectivity index (χ0v) is 17.7. The fraction of sp³-hybridized carbons (Fsp3) is 0.400. The van der Waals surface area contributed by atoms with Gasteiger partial charge in [0.05, 0.1) is 0 Å². The maximum Gasteiger partial charge on any atom is 0.229 e. The van der Waals surface area contributed by atoms with E-state index < -0.39 is 0 Å². The first-order valence-corrected chi connectivity index (χ1v) is 9.44. The van der Waals surface area contributed by atoms with E-state index in [0.29, 0.717) is 5.95 Å². The van der Waals surface area contributed by atoms with Crippen molar-refractivity contribution < 1.29 is 0 Å². The predicted octanol–water partition coefficient (Wildman–Crippen LogP) is 4.43. The van der Waals surface area contributed by atoms with E-state index in [4.69, 9.17) is 15.7 Å². The van der Waals surface area contributed by atoms with Crippen molar-refractivity contribution in [1.82, 2.24) is 15.0 Å². The zero-order valence-electron chi connectivity index (χ0n) is 16.0. The highest BCUT2D eigenvalue weighted by Crippen LogP contribution is 2.24. The average Bonchev–Trinajstić information content (AvgIpc) is 3.09. The summed E-state index contributed by atoms with van der Waals surface area (Å²) in [4.78, 5) is 15.0. The van der Waals surface area contributed by atoms with Gasteiger partial charge in [-0.15, -0.1) is 24.8 Å². The minimum Gasteiger partial charge on any atom is -0.361 e. The monoisotopic (exact) mass is 422 g/mol. The molecule has 0 bridgehead atoms. The first-order chi connectivity index (χ1) is 12.7. The highest BCUT2D eigenvalue weighted by Gasteiger charge is 2.19. The molecule has 0 amide bonds. The lowest BCUT2D eigenvalue weighted by Gasteiger charge is -2.32. The zero-order chi connectivity index (χ0) is 17.9. The molecule has 4 rings (SSSR count). The molecule has 3 heterocycles. The van der Waals surface area contributed by atoms with Gasteiger partial charge in [-0.3, -0.25) is 0 Å². The minimum absolute atomic E-state index is 0. The van der Waals surface area contributed by atoms with E-state index >= 15 is 0 Å². The summed E-state index contributed by atoms with van der Waals surface area (Å²) in [5, 5.41) is 4.57. The molecule has 1 saturated heterocycles. The molecular formula is C20H28Cl2N6. The number of aromatic nitrogens is 3. The van der Waals surface area contributed by atoms with Crippen LogP contribution in [-0.2, 0) is 6.42 Å². The molecule has 1 unspecified atom stereocenters. The Kier molecular flexibility index (Phi) is 7.92. The van der Waals surface area contributed by atoms with E-state index in [1.165, 1.54) is 5.39 Å². The van der Waals surface area contributed by atoms with Gasteiger partial charge in [0, 0.05) is 48.3 Å². The fourth-order valence-electron chi connectivity index (χ4n) is 3.56. The van der Waals surface area contributed by atoms with Crippen LogP contribution in [-0.4, -0.2) is 34.1 Å². The summed E-state index contributed by atoms with van der Waals surface area (Å²) in [6.07, 6.45) is 6.15. The Labute approximate surface area is 178 Å². The summed E-state index contributed by atoms with van der Waals surface area (Å²) < 4.78 is 0. The van der Waals surface area contributed by atoms with Crippen molar-refractivity contribution in [2.75, 3.05) is 23.3 Å². The van der Waals surface area contributed by atoms with E-state index in [1.54, 1.807) is 0 Å². The molecule has 1 atom stereocenters. The standard InChI is InChI=1S/C20H26N6.2ClH/c1-2-4-16-12-19(26-10-3-5-15(21)13-26)25-20(23-16)24-17-7-6-14-8-9-22-18(14)11-17;;/h6-9,11-12,15,22H,2-5,10,13,21H2,1H3,(H,23,24,25);2*1H. The van der Waals surface area contributed by atoms with Gasteiger partial charge in [0.2, 0.25) is 5.95 Å². The summed E-state index contributed by atoms with van der Waals surface area (Å²) in [6.45, 7) is 4.03. The van der Waals surface area contributed by atoms with Gasteiger partial charge in [0.25, 0.3) is 0 Å². The first-order valence-electron chi connectivity index (χ1n) is 9.44. The van der Waals surface area contributed by atoms with Crippen LogP contribution in [0, 0.1) is 0 Å². The number of benzene rings is 1. The Balaban J connectivity index is 0.00000140. The van der Waals surface area contributed by atoms with Crippen molar-refractivity contribution in [1.29, 1.82) is 0 Å². The molecule has 1 fully saturated rings. The Hall–Kier alpha value is -2.02. The third kappa shape index (κ3) is 5.07. The normalized spacial score (nSPS) is 16.4. The smallest absolute Gasteiger partial charge is 0.229 e. The molecule has 2 aromatic heterocycles. The molecule has 1 aromatic carbocycles. The molecule has 0 radical (unpaired) electrons. The Morgan fingerprint density at radius 2 is 2.07 bits per heavy atom. The Morgan fingerprint density at radius 1 is 1.21 bits per heavy atom. The van der Waals surface area contributed by atoms with E-state index in [9.17, 15) is 0 Å². The van der Waals surface area contributed by atoms with E-state index in [0.717, 1.165) is 61.5 Å². The number of halogens is 2. The lowest BCUT2D eigenvalue weighted by Crippen LogP contribution is -2.43. The number of aryl methyl sites for hydroxylation is 1. The number of nitrogens with zero attached hydrogens (tertiary/aromatic N) is 3. The SMILES string of the molecule is CCCc1cc(N2CCCC(N)C2)nc(Nc2ccc3cc[nH]c3c2)n1.Cl.Cl. The second kappa shape index (κ2) is 9.96. The molecule has 1 aliphatic heterocycles. The van der Waals surface area contributed by atoms with Crippen molar-refractivity contribution in [2.24, 2.45) is 5.73 Å². The number of hydrogen-bond acceptors (Lipinski definition) is 5. The highest BCUT2D eigenvalue weighted by molar-refractivity contribution is 5.85. The lowest BCUT2D eigenvalue weighted by atomic mass is 10.1. The van der Waals surface area contributed by atoms with Gasteiger partial charge in [0.1, 0.15) is 5.82 Å². The number of rotatable bonds is 5. The molecule has 1 aliphatic rings. The fourth-order valence-corrected chi connectivity index (χ4v) is 3.56. The van der Waals surface area contributed by atoms with Crippen LogP contribution in [0.2, 0.25) is 0 Å². The molecule has 0 spiro atoms. The number of hydrogen-bond donors (Lipinski definition) is 3. The van der Waals surface area contributed by atoms with Crippen molar-refractivity contribution in [3.63, 3.8) is 0 Å². The van der Waals surface area contributed by atoms with Crippen molar-refractivity contribution in [3.05, 3.63) is 42.2 Å². The minimum atomic E-state index is 0. The second-order valence-electron chi connectivity index (χ2n) is 7.04. The van der Waals surface area contributed by atoms with Gasteiger partial charge in [-0.2, -0.15) is 4.98 Å². The van der Waals surface area contributed by atoms with Gasteiger partial charge in [-0.05, 0) is 42.8 Å². The number of H-pyrrole nitrogens is 1. The highest BCUT2D eigenvalue weighted by atomic mass is 35.5. The molecule has 4 N–H and O–H groups in total. The van der Waals surface area contributed by atoms with Crippen LogP contribution in [0.4, 0.5) is 17.5 Å². The van der Waals surface area contributed by atoms with Crippen molar-refractivity contribution in [3.8, 4) is 0 Å². The van der Waals surface area contributed by atoms with Gasteiger partial charge in [-0.1, -0.05) is 19.4 Å². The quantitative estimate of drug-likeness (QED) is 0.566. The van der Waals surface area contributed by atoms with Gasteiger partial charge in [-0.25, -0.2) is 4.98 Å². The Bertz CT molecular complexity index is 897. The number of aromatic amines is 1. The number of fused-ring (bicyclic) bond motifs is 1. The topological polar surface area (TPSA) is 82.9 Å². The van der Waals surface area contributed by atoms with Gasteiger partial charge in [0.15, 0.2) is 0 Å². The summed E-state index contributed by atoms with van der Waals surface area (Å²) >= 11 is 0. The largest absolute Gasteiger partial charge is 0.361 e. The maximum absolute atomic E-state index is 6.16. The average molecular weight is 423 g/mol. The van der Waals surface area contributed by atoms with E-state index in [1.807, 2.05) is 6.20 Å². The maximum atomic E-state index is 6.16. The van der Waals surface area contributed by atoms with Crippen LogP contribution in [0.3, 0.4) is 0 Å². The van der Waals surface area contributed by atoms with E-state index in [2.05, 4.69) is 52.5 Å². The van der Waals surface area contributed by atoms with Crippen LogP contribution in [0.1, 0.15) is 31.9 Å².